The fourth-order valence-electron chi connectivity index (χ4n) is 3.07. The summed E-state index contributed by atoms with van der Waals surface area (Å²) in [6.45, 7) is 10.8. The van der Waals surface area contributed by atoms with Crippen molar-refractivity contribution in [3.8, 4) is 11.5 Å². The number of hydrogen-bond donors (Lipinski definition) is 1. The van der Waals surface area contributed by atoms with E-state index in [1.165, 1.54) is 0 Å². The lowest BCUT2D eigenvalue weighted by Gasteiger charge is -2.30. The maximum atomic E-state index is 12.8. The summed E-state index contributed by atoms with van der Waals surface area (Å²) in [7, 11) is 0. The van der Waals surface area contributed by atoms with E-state index in [1.54, 1.807) is 4.68 Å². The van der Waals surface area contributed by atoms with Gasteiger partial charge >= 0.3 is 0 Å². The Morgan fingerprint density at radius 2 is 1.88 bits per heavy atom. The van der Waals surface area contributed by atoms with Gasteiger partial charge in [-0.25, -0.2) is 0 Å². The van der Waals surface area contributed by atoms with E-state index < -0.39 is 5.54 Å². The van der Waals surface area contributed by atoms with E-state index in [4.69, 9.17) is 9.47 Å². The van der Waals surface area contributed by atoms with Crippen LogP contribution in [0.4, 0.5) is 0 Å². The molecule has 1 atom stereocenters. The second kappa shape index (κ2) is 6.43. The average molecular weight is 343 g/mol. The Labute approximate surface area is 148 Å². The van der Waals surface area contributed by atoms with Gasteiger partial charge in [-0.2, -0.15) is 5.10 Å². The minimum Gasteiger partial charge on any atom is -0.486 e. The lowest BCUT2D eigenvalue weighted by atomic mass is 9.93. The van der Waals surface area contributed by atoms with Crippen LogP contribution in [0.2, 0.25) is 0 Å². The summed E-state index contributed by atoms with van der Waals surface area (Å²) in [4.78, 5) is 12.8. The monoisotopic (exact) mass is 343 g/mol. The zero-order valence-corrected chi connectivity index (χ0v) is 15.4. The van der Waals surface area contributed by atoms with Gasteiger partial charge in [-0.15, -0.1) is 0 Å². The number of aromatic nitrogens is 2. The summed E-state index contributed by atoms with van der Waals surface area (Å²) in [5, 5.41) is 7.53. The SMILES string of the molecule is Cc1cc(C)n([C@@H](C)C(=O)NC(C)(C)c2ccc3c(c2)OCCO3)n1. The number of ether oxygens (including phenoxy) is 2. The molecular formula is C19H25N3O3. The standard InChI is InChI=1S/C19H25N3O3/c1-12-10-13(2)22(21-12)14(3)18(23)20-19(4,5)15-6-7-16-17(11-15)25-9-8-24-16/h6-7,10-11,14H,8-9H2,1-5H3,(H,20,23)/t14-/m0/s1. The number of carbonyl (C=O) groups is 1. The van der Waals surface area contributed by atoms with Crippen LogP contribution in [-0.4, -0.2) is 28.9 Å². The summed E-state index contributed by atoms with van der Waals surface area (Å²) >= 11 is 0. The third-order valence-corrected chi connectivity index (χ3v) is 4.49. The van der Waals surface area contributed by atoms with Crippen molar-refractivity contribution in [2.45, 2.75) is 46.2 Å². The van der Waals surface area contributed by atoms with Crippen LogP contribution in [-0.2, 0) is 10.3 Å². The first-order valence-electron chi connectivity index (χ1n) is 8.53. The highest BCUT2D eigenvalue weighted by molar-refractivity contribution is 5.80. The Balaban J connectivity index is 1.78. The lowest BCUT2D eigenvalue weighted by molar-refractivity contribution is -0.125. The van der Waals surface area contributed by atoms with Crippen molar-refractivity contribution in [1.82, 2.24) is 15.1 Å². The molecule has 2 heterocycles. The minimum absolute atomic E-state index is 0.0777. The number of hydrogen-bond acceptors (Lipinski definition) is 4. The van der Waals surface area contributed by atoms with Crippen LogP contribution in [0.25, 0.3) is 0 Å². The van der Waals surface area contributed by atoms with Crippen molar-refractivity contribution >= 4 is 5.91 Å². The fraction of sp³-hybridized carbons (Fsp3) is 0.474. The molecule has 1 aromatic carbocycles. The van der Waals surface area contributed by atoms with Gasteiger partial charge in [-0.1, -0.05) is 6.07 Å². The fourth-order valence-corrected chi connectivity index (χ4v) is 3.07. The van der Waals surface area contributed by atoms with Gasteiger partial charge in [0.25, 0.3) is 0 Å². The van der Waals surface area contributed by atoms with Gasteiger partial charge in [0, 0.05) is 5.69 Å². The number of nitrogens with zero attached hydrogens (tertiary/aromatic N) is 2. The summed E-state index contributed by atoms with van der Waals surface area (Å²) < 4.78 is 13.0. The summed E-state index contributed by atoms with van der Waals surface area (Å²) in [6.07, 6.45) is 0. The number of nitrogens with one attached hydrogen (secondary N) is 1. The van der Waals surface area contributed by atoms with Crippen LogP contribution in [0.15, 0.2) is 24.3 Å². The zero-order chi connectivity index (χ0) is 18.2. The zero-order valence-electron chi connectivity index (χ0n) is 15.4. The Kier molecular flexibility index (Phi) is 4.45. The van der Waals surface area contributed by atoms with E-state index in [2.05, 4.69) is 10.4 Å². The normalized spacial score (nSPS) is 14.9. The van der Waals surface area contributed by atoms with E-state index in [0.29, 0.717) is 13.2 Å². The highest BCUT2D eigenvalue weighted by Gasteiger charge is 2.28. The molecule has 6 nitrogen and oxygen atoms in total. The van der Waals surface area contributed by atoms with Crippen LogP contribution in [0.3, 0.4) is 0 Å². The first-order chi connectivity index (χ1) is 11.8. The molecule has 0 unspecified atom stereocenters. The van der Waals surface area contributed by atoms with E-state index in [0.717, 1.165) is 28.5 Å². The van der Waals surface area contributed by atoms with E-state index in [9.17, 15) is 4.79 Å². The highest BCUT2D eigenvalue weighted by atomic mass is 16.6. The molecule has 0 aliphatic carbocycles. The lowest BCUT2D eigenvalue weighted by Crippen LogP contribution is -2.44. The van der Waals surface area contributed by atoms with Crippen molar-refractivity contribution in [1.29, 1.82) is 0 Å². The third-order valence-electron chi connectivity index (χ3n) is 4.49. The predicted octanol–water partition coefficient (Wildman–Crippen LogP) is 2.88. The first kappa shape index (κ1) is 17.3. The Morgan fingerprint density at radius 1 is 1.20 bits per heavy atom. The molecule has 1 N–H and O–H groups in total. The van der Waals surface area contributed by atoms with Crippen LogP contribution >= 0.6 is 0 Å². The van der Waals surface area contributed by atoms with E-state index >= 15 is 0 Å². The molecule has 0 bridgehead atoms. The van der Waals surface area contributed by atoms with Crippen molar-refractivity contribution in [3.05, 3.63) is 41.2 Å². The van der Waals surface area contributed by atoms with Gasteiger partial charge in [0.2, 0.25) is 5.91 Å². The van der Waals surface area contributed by atoms with Crippen LogP contribution in [0, 0.1) is 13.8 Å². The topological polar surface area (TPSA) is 65.4 Å². The van der Waals surface area contributed by atoms with Crippen molar-refractivity contribution in [2.24, 2.45) is 0 Å². The molecule has 0 saturated carbocycles. The predicted molar refractivity (Wildman–Crippen MR) is 95.0 cm³/mol. The Hall–Kier alpha value is -2.50. The molecule has 0 radical (unpaired) electrons. The molecule has 0 saturated heterocycles. The third kappa shape index (κ3) is 3.48. The number of benzene rings is 1. The Morgan fingerprint density at radius 3 is 2.52 bits per heavy atom. The summed E-state index contributed by atoms with van der Waals surface area (Å²) in [5.41, 5.74) is 2.29. The van der Waals surface area contributed by atoms with Gasteiger partial charge in [-0.05, 0) is 58.4 Å². The van der Waals surface area contributed by atoms with Crippen LogP contribution in [0.1, 0.15) is 43.8 Å². The molecule has 25 heavy (non-hydrogen) atoms. The molecule has 1 aliphatic rings. The number of amides is 1. The summed E-state index contributed by atoms with van der Waals surface area (Å²) in [6, 6.07) is 7.37. The van der Waals surface area contributed by atoms with Crippen molar-refractivity contribution in [3.63, 3.8) is 0 Å². The highest BCUT2D eigenvalue weighted by Crippen LogP contribution is 2.34. The van der Waals surface area contributed by atoms with Gasteiger partial charge in [0.1, 0.15) is 19.3 Å². The van der Waals surface area contributed by atoms with Gasteiger partial charge in [-0.3, -0.25) is 9.48 Å². The number of aryl methyl sites for hydroxylation is 2. The van der Waals surface area contributed by atoms with E-state index in [-0.39, 0.29) is 11.9 Å². The second-order valence-electron chi connectivity index (χ2n) is 7.02. The minimum atomic E-state index is -0.544. The first-order valence-corrected chi connectivity index (χ1v) is 8.53. The molecule has 6 heteroatoms. The Bertz CT molecular complexity index is 795. The van der Waals surface area contributed by atoms with Crippen molar-refractivity contribution < 1.29 is 14.3 Å². The average Bonchev–Trinajstić information content (AvgIpc) is 2.91. The van der Waals surface area contributed by atoms with Gasteiger partial charge in [0.05, 0.1) is 11.2 Å². The molecule has 0 spiro atoms. The summed E-state index contributed by atoms with van der Waals surface area (Å²) in [5.74, 6) is 1.39. The second-order valence-corrected chi connectivity index (χ2v) is 7.02. The molecule has 1 aliphatic heterocycles. The van der Waals surface area contributed by atoms with Crippen molar-refractivity contribution in [2.75, 3.05) is 13.2 Å². The van der Waals surface area contributed by atoms with Crippen LogP contribution in [0.5, 0.6) is 11.5 Å². The number of fused-ring (bicyclic) bond motifs is 1. The molecular weight excluding hydrogens is 318 g/mol. The maximum absolute atomic E-state index is 12.8. The van der Waals surface area contributed by atoms with Gasteiger partial charge in [0.15, 0.2) is 11.5 Å². The molecule has 1 amide bonds. The molecule has 1 aromatic heterocycles. The molecule has 2 aromatic rings. The quantitative estimate of drug-likeness (QED) is 0.927. The van der Waals surface area contributed by atoms with Gasteiger partial charge < -0.3 is 14.8 Å². The smallest absolute Gasteiger partial charge is 0.245 e. The van der Waals surface area contributed by atoms with Crippen LogP contribution < -0.4 is 14.8 Å². The number of carbonyl (C=O) groups excluding carboxylic acids is 1. The molecule has 3 rings (SSSR count). The van der Waals surface area contributed by atoms with E-state index in [1.807, 2.05) is 58.9 Å². The number of rotatable bonds is 4. The molecule has 134 valence electrons. The molecule has 0 fully saturated rings. The largest absolute Gasteiger partial charge is 0.486 e. The maximum Gasteiger partial charge on any atom is 0.245 e.